The Bertz CT molecular complexity index is 244. The normalized spacial score (nSPS) is 24.9. The molecular weight excluding hydrogens is 204 g/mol. The highest BCUT2D eigenvalue weighted by Crippen LogP contribution is 2.29. The fourth-order valence-electron chi connectivity index (χ4n) is 2.18. The number of hydrogen-bond donors (Lipinski definition) is 2. The van der Waals surface area contributed by atoms with Crippen LogP contribution in [0.15, 0.2) is 5.16 Å². The number of nitrogens with zero attached hydrogens (tertiary/aromatic N) is 3. The summed E-state index contributed by atoms with van der Waals surface area (Å²) >= 11 is 0. The molecule has 92 valence electrons. The van der Waals surface area contributed by atoms with Gasteiger partial charge in [0.1, 0.15) is 5.84 Å². The minimum atomic E-state index is 0.334. The van der Waals surface area contributed by atoms with Gasteiger partial charge in [-0.25, -0.2) is 0 Å². The zero-order valence-electron chi connectivity index (χ0n) is 9.81. The molecule has 2 aliphatic rings. The van der Waals surface area contributed by atoms with Gasteiger partial charge in [0.25, 0.3) is 0 Å². The monoisotopic (exact) mass is 226 g/mol. The highest BCUT2D eigenvalue weighted by atomic mass is 16.4. The van der Waals surface area contributed by atoms with E-state index in [2.05, 4.69) is 15.0 Å². The van der Waals surface area contributed by atoms with Gasteiger partial charge in [-0.15, -0.1) is 0 Å². The van der Waals surface area contributed by atoms with Crippen LogP contribution in [0.2, 0.25) is 0 Å². The maximum atomic E-state index is 8.45. The molecular formula is C11H22N4O. The van der Waals surface area contributed by atoms with Crippen LogP contribution in [0, 0.1) is 5.92 Å². The fraction of sp³-hybridized carbons (Fsp3) is 0.909. The van der Waals surface area contributed by atoms with E-state index in [-0.39, 0.29) is 0 Å². The van der Waals surface area contributed by atoms with E-state index in [1.54, 1.807) is 0 Å². The van der Waals surface area contributed by atoms with Crippen molar-refractivity contribution in [2.24, 2.45) is 16.8 Å². The van der Waals surface area contributed by atoms with E-state index < -0.39 is 0 Å². The Balaban J connectivity index is 1.60. The summed E-state index contributed by atoms with van der Waals surface area (Å²) in [6, 6.07) is 0. The molecule has 16 heavy (non-hydrogen) atoms. The third-order valence-corrected chi connectivity index (χ3v) is 3.49. The largest absolute Gasteiger partial charge is 0.409 e. The van der Waals surface area contributed by atoms with E-state index in [4.69, 9.17) is 10.9 Å². The summed E-state index contributed by atoms with van der Waals surface area (Å²) in [5, 5.41) is 11.4. The van der Waals surface area contributed by atoms with Crippen molar-refractivity contribution in [2.75, 3.05) is 39.3 Å². The molecule has 1 heterocycles. The maximum absolute atomic E-state index is 8.45. The Morgan fingerprint density at radius 2 is 1.81 bits per heavy atom. The molecule has 5 nitrogen and oxygen atoms in total. The molecule has 0 radical (unpaired) electrons. The van der Waals surface area contributed by atoms with Crippen LogP contribution in [0.5, 0.6) is 0 Å². The Morgan fingerprint density at radius 3 is 2.38 bits per heavy atom. The molecule has 5 heteroatoms. The molecule has 2 rings (SSSR count). The number of oxime groups is 1. The Kier molecular flexibility index (Phi) is 4.01. The predicted octanol–water partition coefficient (Wildman–Crippen LogP) is 0.151. The van der Waals surface area contributed by atoms with Gasteiger partial charge in [0.15, 0.2) is 0 Å². The van der Waals surface area contributed by atoms with Gasteiger partial charge in [0.2, 0.25) is 0 Å². The third-order valence-electron chi connectivity index (χ3n) is 3.49. The summed E-state index contributed by atoms with van der Waals surface area (Å²) in [6.07, 6.45) is 3.53. The van der Waals surface area contributed by atoms with Crippen molar-refractivity contribution in [2.45, 2.75) is 19.3 Å². The van der Waals surface area contributed by atoms with Crippen LogP contribution in [-0.4, -0.2) is 60.1 Å². The van der Waals surface area contributed by atoms with Gasteiger partial charge in [0.05, 0.1) is 0 Å². The number of rotatable bonds is 5. The lowest BCUT2D eigenvalue weighted by Crippen LogP contribution is -2.47. The molecule has 0 amide bonds. The van der Waals surface area contributed by atoms with Gasteiger partial charge in [-0.1, -0.05) is 5.16 Å². The fourth-order valence-corrected chi connectivity index (χ4v) is 2.18. The van der Waals surface area contributed by atoms with Crippen LogP contribution in [0.3, 0.4) is 0 Å². The van der Waals surface area contributed by atoms with Crippen molar-refractivity contribution in [1.29, 1.82) is 0 Å². The lowest BCUT2D eigenvalue weighted by Gasteiger charge is -2.34. The van der Waals surface area contributed by atoms with Crippen molar-refractivity contribution in [3.05, 3.63) is 0 Å². The van der Waals surface area contributed by atoms with Gasteiger partial charge in [-0.3, -0.25) is 0 Å². The maximum Gasteiger partial charge on any atom is 0.140 e. The van der Waals surface area contributed by atoms with Crippen molar-refractivity contribution in [3.63, 3.8) is 0 Å². The minimum Gasteiger partial charge on any atom is -0.409 e. The van der Waals surface area contributed by atoms with E-state index in [0.717, 1.165) is 25.6 Å². The van der Waals surface area contributed by atoms with Gasteiger partial charge < -0.3 is 20.7 Å². The average molecular weight is 226 g/mol. The van der Waals surface area contributed by atoms with Crippen molar-refractivity contribution in [3.8, 4) is 0 Å². The van der Waals surface area contributed by atoms with Gasteiger partial charge >= 0.3 is 0 Å². The molecule has 0 atom stereocenters. The molecule has 1 aliphatic heterocycles. The van der Waals surface area contributed by atoms with E-state index in [0.29, 0.717) is 12.3 Å². The molecule has 1 saturated carbocycles. The van der Waals surface area contributed by atoms with E-state index >= 15 is 0 Å². The van der Waals surface area contributed by atoms with E-state index in [1.807, 2.05) is 0 Å². The second kappa shape index (κ2) is 5.50. The zero-order chi connectivity index (χ0) is 11.4. The summed E-state index contributed by atoms with van der Waals surface area (Å²) in [7, 11) is 0. The standard InChI is InChI=1S/C11H22N4O/c12-11(13-16)3-4-14-5-7-15(8-6-14)9-10-1-2-10/h10,16H,1-9H2,(H2,12,13). The first-order chi connectivity index (χ1) is 7.78. The van der Waals surface area contributed by atoms with Crippen molar-refractivity contribution >= 4 is 5.84 Å². The second-order valence-corrected chi connectivity index (χ2v) is 4.93. The minimum absolute atomic E-state index is 0.334. The lowest BCUT2D eigenvalue weighted by molar-refractivity contribution is 0.130. The summed E-state index contributed by atoms with van der Waals surface area (Å²) in [6.45, 7) is 6.79. The number of amidine groups is 1. The molecule has 0 bridgehead atoms. The molecule has 1 saturated heterocycles. The number of hydrogen-bond acceptors (Lipinski definition) is 4. The summed E-state index contributed by atoms with van der Waals surface area (Å²) in [5.74, 6) is 1.32. The Labute approximate surface area is 96.9 Å². The van der Waals surface area contributed by atoms with E-state index in [1.165, 1.54) is 32.5 Å². The summed E-state index contributed by atoms with van der Waals surface area (Å²) in [5.41, 5.74) is 5.45. The molecule has 0 aromatic heterocycles. The average Bonchev–Trinajstić information content (AvgIpc) is 3.11. The molecule has 2 fully saturated rings. The van der Waals surface area contributed by atoms with Crippen molar-refractivity contribution < 1.29 is 5.21 Å². The van der Waals surface area contributed by atoms with Crippen LogP contribution in [0.4, 0.5) is 0 Å². The molecule has 0 unspecified atom stereocenters. The second-order valence-electron chi connectivity index (χ2n) is 4.93. The molecule has 0 aromatic rings. The number of piperazine rings is 1. The summed E-state index contributed by atoms with van der Waals surface area (Å²) < 4.78 is 0. The van der Waals surface area contributed by atoms with Crippen LogP contribution >= 0.6 is 0 Å². The first kappa shape index (κ1) is 11.7. The van der Waals surface area contributed by atoms with Gasteiger partial charge in [-0.05, 0) is 18.8 Å². The topological polar surface area (TPSA) is 65.1 Å². The zero-order valence-corrected chi connectivity index (χ0v) is 9.81. The van der Waals surface area contributed by atoms with Crippen LogP contribution in [0.25, 0.3) is 0 Å². The molecule has 0 spiro atoms. The van der Waals surface area contributed by atoms with E-state index in [9.17, 15) is 0 Å². The first-order valence-corrected chi connectivity index (χ1v) is 6.19. The summed E-state index contributed by atoms with van der Waals surface area (Å²) in [4.78, 5) is 4.96. The Hall–Kier alpha value is -0.810. The molecule has 0 aromatic carbocycles. The van der Waals surface area contributed by atoms with Crippen LogP contribution < -0.4 is 5.73 Å². The number of nitrogens with two attached hydrogens (primary N) is 1. The van der Waals surface area contributed by atoms with Crippen LogP contribution in [-0.2, 0) is 0 Å². The smallest absolute Gasteiger partial charge is 0.140 e. The highest BCUT2D eigenvalue weighted by molar-refractivity contribution is 5.79. The third kappa shape index (κ3) is 3.64. The predicted molar refractivity (Wildman–Crippen MR) is 63.6 cm³/mol. The van der Waals surface area contributed by atoms with Gasteiger partial charge in [-0.2, -0.15) is 0 Å². The first-order valence-electron chi connectivity index (χ1n) is 6.19. The SMILES string of the molecule is N/C(CCN1CCN(CC2CC2)CC1)=N\O. The van der Waals surface area contributed by atoms with Crippen LogP contribution in [0.1, 0.15) is 19.3 Å². The highest BCUT2D eigenvalue weighted by Gasteiger charge is 2.26. The quantitative estimate of drug-likeness (QED) is 0.303. The van der Waals surface area contributed by atoms with Gasteiger partial charge in [0, 0.05) is 45.7 Å². The Morgan fingerprint density at radius 1 is 1.19 bits per heavy atom. The lowest BCUT2D eigenvalue weighted by atomic mass is 10.2. The molecule has 1 aliphatic carbocycles. The van der Waals surface area contributed by atoms with Crippen molar-refractivity contribution in [1.82, 2.24) is 9.80 Å². The molecule has 3 N–H and O–H groups in total.